The van der Waals surface area contributed by atoms with Crippen LogP contribution in [0.3, 0.4) is 0 Å². The summed E-state index contributed by atoms with van der Waals surface area (Å²) in [6.45, 7) is 4.32. The predicted octanol–water partition coefficient (Wildman–Crippen LogP) is 1.57. The van der Waals surface area contributed by atoms with E-state index in [0.717, 1.165) is 12.0 Å². The van der Waals surface area contributed by atoms with Gasteiger partial charge in [0.1, 0.15) is 11.3 Å². The maximum atomic E-state index is 12.1. The molecule has 2 N–H and O–H groups in total. The Balaban J connectivity index is 2.02. The van der Waals surface area contributed by atoms with Crippen molar-refractivity contribution in [3.8, 4) is 0 Å². The molecule has 2 heterocycles. The molecular formula is C17H22N4O4. The number of rotatable bonds is 4. The minimum atomic E-state index is -0.536. The summed E-state index contributed by atoms with van der Waals surface area (Å²) in [4.78, 5) is 45.8. The third kappa shape index (κ3) is 2.92. The van der Waals surface area contributed by atoms with Crippen molar-refractivity contribution in [2.45, 2.75) is 46.1 Å². The number of nitrogens with one attached hydrogen (secondary N) is 2. The molecule has 8 heteroatoms. The van der Waals surface area contributed by atoms with Crippen molar-refractivity contribution < 1.29 is 9.53 Å². The molecule has 0 fully saturated rings. The quantitative estimate of drug-likeness (QED) is 0.817. The van der Waals surface area contributed by atoms with Gasteiger partial charge in [0.2, 0.25) is 0 Å². The van der Waals surface area contributed by atoms with Gasteiger partial charge >= 0.3 is 11.7 Å². The first kappa shape index (κ1) is 17.2. The van der Waals surface area contributed by atoms with Gasteiger partial charge in [-0.25, -0.2) is 9.78 Å². The van der Waals surface area contributed by atoms with Gasteiger partial charge in [-0.3, -0.25) is 19.1 Å². The molecule has 1 aliphatic carbocycles. The SMILES string of the molecule is CCCn1c(=O)[nH]c(=O)c2[nH]c(C3=CCC(C)(C(=O)OC)CC3)nc21. The summed E-state index contributed by atoms with van der Waals surface area (Å²) >= 11 is 0. The summed E-state index contributed by atoms with van der Waals surface area (Å²) in [6, 6.07) is 0. The van der Waals surface area contributed by atoms with Gasteiger partial charge in [-0.15, -0.1) is 0 Å². The minimum absolute atomic E-state index is 0.222. The van der Waals surface area contributed by atoms with Crippen LogP contribution in [-0.4, -0.2) is 32.6 Å². The molecule has 0 spiro atoms. The molecule has 0 aromatic carbocycles. The topological polar surface area (TPSA) is 110 Å². The number of H-pyrrole nitrogens is 2. The van der Waals surface area contributed by atoms with Crippen LogP contribution in [0.1, 0.15) is 45.4 Å². The number of ether oxygens (including phenoxy) is 1. The highest BCUT2D eigenvalue weighted by Gasteiger charge is 2.36. The van der Waals surface area contributed by atoms with Crippen LogP contribution in [0.5, 0.6) is 0 Å². The second-order valence-corrected chi connectivity index (χ2v) is 6.68. The lowest BCUT2D eigenvalue weighted by atomic mass is 9.76. The maximum Gasteiger partial charge on any atom is 0.330 e. The van der Waals surface area contributed by atoms with Crippen molar-refractivity contribution in [3.63, 3.8) is 0 Å². The van der Waals surface area contributed by atoms with E-state index in [1.165, 1.54) is 11.7 Å². The van der Waals surface area contributed by atoms with Gasteiger partial charge in [0.15, 0.2) is 5.65 Å². The normalized spacial score (nSPS) is 20.5. The summed E-state index contributed by atoms with van der Waals surface area (Å²) in [5, 5.41) is 0. The molecule has 134 valence electrons. The number of carbonyl (C=O) groups excluding carboxylic acids is 1. The van der Waals surface area contributed by atoms with Crippen LogP contribution in [0.2, 0.25) is 0 Å². The Hall–Kier alpha value is -2.64. The van der Waals surface area contributed by atoms with Gasteiger partial charge in [0.25, 0.3) is 5.56 Å². The van der Waals surface area contributed by atoms with Crippen molar-refractivity contribution in [1.82, 2.24) is 19.5 Å². The van der Waals surface area contributed by atoms with Gasteiger partial charge in [-0.1, -0.05) is 13.0 Å². The van der Waals surface area contributed by atoms with Crippen LogP contribution < -0.4 is 11.2 Å². The Kier molecular flexibility index (Phi) is 4.36. The number of fused-ring (bicyclic) bond motifs is 1. The molecule has 25 heavy (non-hydrogen) atoms. The number of methoxy groups -OCH3 is 1. The van der Waals surface area contributed by atoms with Gasteiger partial charge in [0, 0.05) is 6.54 Å². The Bertz CT molecular complexity index is 965. The lowest BCUT2D eigenvalue weighted by Gasteiger charge is -2.29. The number of aryl methyl sites for hydroxylation is 1. The first-order valence-electron chi connectivity index (χ1n) is 8.40. The van der Waals surface area contributed by atoms with Gasteiger partial charge < -0.3 is 9.72 Å². The molecule has 0 bridgehead atoms. The molecule has 8 nitrogen and oxygen atoms in total. The van der Waals surface area contributed by atoms with Crippen LogP contribution in [0.15, 0.2) is 15.7 Å². The molecule has 0 amide bonds. The first-order chi connectivity index (χ1) is 11.9. The van der Waals surface area contributed by atoms with Crippen LogP contribution in [-0.2, 0) is 16.1 Å². The van der Waals surface area contributed by atoms with E-state index in [0.29, 0.717) is 42.8 Å². The number of hydrogen-bond donors (Lipinski definition) is 2. The summed E-state index contributed by atoms with van der Waals surface area (Å²) < 4.78 is 6.35. The largest absolute Gasteiger partial charge is 0.469 e. The van der Waals surface area contributed by atoms with E-state index < -0.39 is 16.7 Å². The molecule has 2 aromatic heterocycles. The summed E-state index contributed by atoms with van der Waals surface area (Å²) in [5.74, 6) is 0.350. The minimum Gasteiger partial charge on any atom is -0.469 e. The van der Waals surface area contributed by atoms with Crippen LogP contribution in [0, 0.1) is 5.41 Å². The van der Waals surface area contributed by atoms with Gasteiger partial charge in [0.05, 0.1) is 12.5 Å². The average Bonchev–Trinajstić information content (AvgIpc) is 3.04. The monoisotopic (exact) mass is 346 g/mol. The molecule has 0 saturated carbocycles. The number of imidazole rings is 1. The van der Waals surface area contributed by atoms with Crippen molar-refractivity contribution in [2.75, 3.05) is 7.11 Å². The highest BCUT2D eigenvalue weighted by Crippen LogP contribution is 2.38. The first-order valence-corrected chi connectivity index (χ1v) is 8.40. The highest BCUT2D eigenvalue weighted by molar-refractivity contribution is 5.79. The molecule has 3 rings (SSSR count). The number of nitrogens with zero attached hydrogens (tertiary/aromatic N) is 2. The van der Waals surface area contributed by atoms with Gasteiger partial charge in [-0.05, 0) is 38.2 Å². The molecule has 1 atom stereocenters. The second-order valence-electron chi connectivity index (χ2n) is 6.68. The molecule has 1 aliphatic rings. The van der Waals surface area contributed by atoms with E-state index in [4.69, 9.17) is 4.74 Å². The molecule has 0 saturated heterocycles. The predicted molar refractivity (Wildman–Crippen MR) is 93.2 cm³/mol. The smallest absolute Gasteiger partial charge is 0.330 e. The molecule has 0 aliphatic heterocycles. The number of esters is 1. The van der Waals surface area contributed by atoms with E-state index in [9.17, 15) is 14.4 Å². The molecule has 1 unspecified atom stereocenters. The Morgan fingerprint density at radius 1 is 1.40 bits per heavy atom. The third-order valence-corrected chi connectivity index (χ3v) is 4.81. The zero-order chi connectivity index (χ0) is 18.2. The maximum absolute atomic E-state index is 12.1. The Morgan fingerprint density at radius 3 is 2.76 bits per heavy atom. The molecule has 2 aromatic rings. The van der Waals surface area contributed by atoms with Crippen molar-refractivity contribution in [2.24, 2.45) is 5.41 Å². The van der Waals surface area contributed by atoms with Crippen LogP contribution in [0.4, 0.5) is 0 Å². The highest BCUT2D eigenvalue weighted by atomic mass is 16.5. The summed E-state index contributed by atoms with van der Waals surface area (Å²) in [7, 11) is 1.39. The lowest BCUT2D eigenvalue weighted by molar-refractivity contribution is -0.152. The number of aromatic amines is 2. The third-order valence-electron chi connectivity index (χ3n) is 4.81. The van der Waals surface area contributed by atoms with Crippen LogP contribution in [0.25, 0.3) is 16.7 Å². The van der Waals surface area contributed by atoms with E-state index in [1.54, 1.807) is 0 Å². The molecular weight excluding hydrogens is 324 g/mol. The van der Waals surface area contributed by atoms with E-state index in [2.05, 4.69) is 15.0 Å². The number of hydrogen-bond acceptors (Lipinski definition) is 5. The average molecular weight is 346 g/mol. The van der Waals surface area contributed by atoms with Crippen LogP contribution >= 0.6 is 0 Å². The van der Waals surface area contributed by atoms with E-state index in [1.807, 2.05) is 19.9 Å². The Morgan fingerprint density at radius 2 is 2.16 bits per heavy atom. The zero-order valence-electron chi connectivity index (χ0n) is 14.6. The van der Waals surface area contributed by atoms with E-state index >= 15 is 0 Å². The summed E-state index contributed by atoms with van der Waals surface area (Å²) in [5.41, 5.74) is 0.146. The summed E-state index contributed by atoms with van der Waals surface area (Å²) in [6.07, 6.45) is 4.53. The van der Waals surface area contributed by atoms with E-state index in [-0.39, 0.29) is 5.97 Å². The van der Waals surface area contributed by atoms with Gasteiger partial charge in [-0.2, -0.15) is 0 Å². The zero-order valence-corrected chi connectivity index (χ0v) is 14.6. The fraction of sp³-hybridized carbons (Fsp3) is 0.529. The van der Waals surface area contributed by atoms with Crippen molar-refractivity contribution in [1.29, 1.82) is 0 Å². The molecule has 0 radical (unpaired) electrons. The standard InChI is InChI=1S/C17H22N4O4/c1-4-9-21-13-11(14(22)20-16(21)24)18-12(19-13)10-5-7-17(2,8-6-10)15(23)25-3/h5H,4,6-9H2,1-3H3,(H,18,19)(H,20,22,24). The number of allylic oxidation sites excluding steroid dienone is 2. The van der Waals surface area contributed by atoms with Crippen molar-refractivity contribution in [3.05, 3.63) is 32.7 Å². The fourth-order valence-corrected chi connectivity index (χ4v) is 3.23. The fourth-order valence-electron chi connectivity index (χ4n) is 3.23. The second kappa shape index (κ2) is 6.34. The Labute approximate surface area is 143 Å². The number of aromatic nitrogens is 4. The van der Waals surface area contributed by atoms with Crippen molar-refractivity contribution >= 4 is 22.7 Å². The number of carbonyl (C=O) groups is 1. The lowest BCUT2D eigenvalue weighted by Crippen LogP contribution is -2.30.